The number of anilines is 4. The predicted molar refractivity (Wildman–Crippen MR) is 118 cm³/mol. The molecule has 29 heavy (non-hydrogen) atoms. The van der Waals surface area contributed by atoms with Gasteiger partial charge >= 0.3 is 0 Å². The molecule has 0 fully saturated rings. The molecule has 0 radical (unpaired) electrons. The van der Waals surface area contributed by atoms with Gasteiger partial charge in [0, 0.05) is 26.2 Å². The van der Waals surface area contributed by atoms with Crippen molar-refractivity contribution in [1.29, 1.82) is 0 Å². The Bertz CT molecular complexity index is 835. The second kappa shape index (κ2) is 9.60. The summed E-state index contributed by atoms with van der Waals surface area (Å²) in [5.41, 5.74) is 1.34. The molecule has 2 rings (SSSR count). The monoisotopic (exact) mass is 422 g/mol. The molecule has 0 saturated heterocycles. The van der Waals surface area contributed by atoms with Gasteiger partial charge in [0.25, 0.3) is 0 Å². The summed E-state index contributed by atoms with van der Waals surface area (Å²) in [4.78, 5) is 0.0792. The van der Waals surface area contributed by atoms with Crippen LogP contribution in [0.15, 0.2) is 34.1 Å². The van der Waals surface area contributed by atoms with Crippen LogP contribution in [0.4, 0.5) is 22.7 Å². The van der Waals surface area contributed by atoms with Gasteiger partial charge in [-0.2, -0.15) is 0 Å². The van der Waals surface area contributed by atoms with E-state index in [-0.39, 0.29) is 21.3 Å². The van der Waals surface area contributed by atoms with Gasteiger partial charge < -0.3 is 31.5 Å². The summed E-state index contributed by atoms with van der Waals surface area (Å²) in [7, 11) is -3.92. The van der Waals surface area contributed by atoms with Crippen molar-refractivity contribution in [3.05, 3.63) is 24.3 Å². The lowest BCUT2D eigenvalue weighted by molar-refractivity contribution is 0.478. The molecule has 6 N–H and O–H groups in total. The van der Waals surface area contributed by atoms with Crippen molar-refractivity contribution in [2.24, 2.45) is 0 Å². The van der Waals surface area contributed by atoms with E-state index >= 15 is 0 Å². The van der Waals surface area contributed by atoms with Crippen molar-refractivity contribution < 1.29 is 18.6 Å². The molecule has 8 nitrogen and oxygen atoms in total. The minimum atomic E-state index is -3.92. The van der Waals surface area contributed by atoms with Crippen LogP contribution in [0.1, 0.15) is 27.7 Å². The number of phenols is 2. The second-order valence-corrected chi connectivity index (χ2v) is 8.31. The lowest BCUT2D eigenvalue weighted by atomic mass is 10.2. The minimum absolute atomic E-state index is 0.0277. The van der Waals surface area contributed by atoms with E-state index in [1.54, 1.807) is 0 Å². The molecule has 0 aromatic heterocycles. The largest absolute Gasteiger partial charge is 0.504 e. The van der Waals surface area contributed by atoms with Gasteiger partial charge in [-0.15, -0.1) is 0 Å². The third-order valence-electron chi connectivity index (χ3n) is 4.26. The van der Waals surface area contributed by atoms with Gasteiger partial charge in [0.2, 0.25) is 9.84 Å². The Morgan fingerprint density at radius 1 is 0.621 bits per heavy atom. The van der Waals surface area contributed by atoms with Gasteiger partial charge in [0.15, 0.2) is 11.5 Å². The van der Waals surface area contributed by atoms with Gasteiger partial charge in [-0.05, 0) is 52.0 Å². The highest BCUT2D eigenvalue weighted by Crippen LogP contribution is 2.40. The first-order valence-corrected chi connectivity index (χ1v) is 11.2. The molecule has 0 heterocycles. The summed E-state index contributed by atoms with van der Waals surface area (Å²) >= 11 is 0. The van der Waals surface area contributed by atoms with Crippen molar-refractivity contribution in [2.45, 2.75) is 37.5 Å². The first kappa shape index (κ1) is 22.5. The van der Waals surface area contributed by atoms with Crippen LogP contribution in [-0.2, 0) is 9.84 Å². The quantitative estimate of drug-likeness (QED) is 0.321. The Labute approximate surface area is 172 Å². The first-order valence-electron chi connectivity index (χ1n) is 9.74. The van der Waals surface area contributed by atoms with Crippen molar-refractivity contribution in [1.82, 2.24) is 0 Å². The molecule has 160 valence electrons. The molecule has 0 aliphatic heterocycles. The van der Waals surface area contributed by atoms with Crippen LogP contribution in [0.5, 0.6) is 11.5 Å². The third-order valence-corrected chi connectivity index (χ3v) is 5.97. The van der Waals surface area contributed by atoms with E-state index in [9.17, 15) is 18.6 Å². The summed E-state index contributed by atoms with van der Waals surface area (Å²) in [6.07, 6.45) is 0. The van der Waals surface area contributed by atoms with E-state index in [0.717, 1.165) is 0 Å². The Morgan fingerprint density at radius 3 is 1.07 bits per heavy atom. The van der Waals surface area contributed by atoms with Crippen LogP contribution in [-0.4, -0.2) is 44.8 Å². The first-order chi connectivity index (χ1) is 13.8. The van der Waals surface area contributed by atoms with E-state index in [1.807, 2.05) is 27.7 Å². The number of phenolic OH excluding ortho intramolecular Hbond substituents is 2. The average molecular weight is 423 g/mol. The molecular weight excluding hydrogens is 392 g/mol. The van der Waals surface area contributed by atoms with E-state index in [4.69, 9.17) is 0 Å². The molecule has 0 spiro atoms. The van der Waals surface area contributed by atoms with Gasteiger partial charge in [0.1, 0.15) is 0 Å². The molecule has 0 aliphatic rings. The van der Waals surface area contributed by atoms with Gasteiger partial charge in [-0.3, -0.25) is 0 Å². The Hall–Kier alpha value is -2.81. The van der Waals surface area contributed by atoms with Crippen LogP contribution in [0.2, 0.25) is 0 Å². The number of sulfone groups is 1. The number of benzene rings is 2. The molecule has 2 aromatic carbocycles. The molecule has 0 atom stereocenters. The normalized spacial score (nSPS) is 11.2. The smallest absolute Gasteiger partial charge is 0.206 e. The van der Waals surface area contributed by atoms with Crippen LogP contribution in [0, 0.1) is 0 Å². The highest BCUT2D eigenvalue weighted by molar-refractivity contribution is 7.91. The van der Waals surface area contributed by atoms with Crippen molar-refractivity contribution in [3.8, 4) is 11.5 Å². The van der Waals surface area contributed by atoms with Crippen LogP contribution >= 0.6 is 0 Å². The lowest BCUT2D eigenvalue weighted by Crippen LogP contribution is -2.09. The zero-order valence-electron chi connectivity index (χ0n) is 17.3. The van der Waals surface area contributed by atoms with Crippen LogP contribution in [0.3, 0.4) is 0 Å². The summed E-state index contributed by atoms with van der Waals surface area (Å²) in [6, 6.07) is 5.67. The molecule has 0 amide bonds. The molecule has 0 bridgehead atoms. The van der Waals surface area contributed by atoms with E-state index in [2.05, 4.69) is 21.3 Å². The topological polar surface area (TPSA) is 123 Å². The third kappa shape index (κ3) is 4.79. The fourth-order valence-electron chi connectivity index (χ4n) is 2.96. The zero-order chi connectivity index (χ0) is 21.6. The number of aromatic hydroxyl groups is 2. The molecular formula is C20H30N4O4S. The highest BCUT2D eigenvalue weighted by atomic mass is 32.2. The summed E-state index contributed by atoms with van der Waals surface area (Å²) in [5, 5.41) is 32.8. The van der Waals surface area contributed by atoms with Gasteiger partial charge in [-0.25, -0.2) is 8.42 Å². The molecule has 0 aliphatic carbocycles. The van der Waals surface area contributed by atoms with Crippen molar-refractivity contribution in [2.75, 3.05) is 47.4 Å². The average Bonchev–Trinajstić information content (AvgIpc) is 2.68. The number of rotatable bonds is 10. The number of hydrogen-bond acceptors (Lipinski definition) is 8. The maximum absolute atomic E-state index is 13.4. The highest BCUT2D eigenvalue weighted by Gasteiger charge is 2.24. The number of nitrogens with one attached hydrogen (secondary N) is 4. The van der Waals surface area contributed by atoms with E-state index in [1.165, 1.54) is 24.3 Å². The molecule has 9 heteroatoms. The fourth-order valence-corrected chi connectivity index (χ4v) is 4.33. The molecule has 0 saturated carbocycles. The van der Waals surface area contributed by atoms with Crippen molar-refractivity contribution >= 4 is 32.6 Å². The predicted octanol–water partition coefficient (Wildman–Crippen LogP) is 3.66. The van der Waals surface area contributed by atoms with E-state index in [0.29, 0.717) is 48.9 Å². The molecule has 2 aromatic rings. The van der Waals surface area contributed by atoms with Gasteiger partial charge in [0.05, 0.1) is 32.5 Å². The van der Waals surface area contributed by atoms with Gasteiger partial charge in [-0.1, -0.05) is 0 Å². The summed E-state index contributed by atoms with van der Waals surface area (Å²) in [6.45, 7) is 9.54. The van der Waals surface area contributed by atoms with Crippen LogP contribution < -0.4 is 21.3 Å². The maximum atomic E-state index is 13.4. The number of hydrogen-bond donors (Lipinski definition) is 6. The Morgan fingerprint density at radius 2 is 0.862 bits per heavy atom. The van der Waals surface area contributed by atoms with E-state index < -0.39 is 9.84 Å². The van der Waals surface area contributed by atoms with Crippen molar-refractivity contribution in [3.63, 3.8) is 0 Å². The Kier molecular flexibility index (Phi) is 7.44. The summed E-state index contributed by atoms with van der Waals surface area (Å²) < 4.78 is 26.8. The molecule has 0 unspecified atom stereocenters. The minimum Gasteiger partial charge on any atom is -0.504 e. The zero-order valence-corrected chi connectivity index (χ0v) is 18.1. The van der Waals surface area contributed by atoms with Crippen LogP contribution in [0.25, 0.3) is 0 Å². The Balaban J connectivity index is 2.68. The maximum Gasteiger partial charge on any atom is 0.206 e. The standard InChI is InChI=1S/C20H30N4O4S/c1-5-21-15-9-13(10-16(19(15)25)22-6-2)29(27,28)14-11-17(23-7-3)20(26)18(12-14)24-8-4/h9-12,21-26H,5-8H2,1-4H3. The SMILES string of the molecule is CCNc1cc(S(=O)(=O)c2cc(NCC)c(O)c(NCC)c2)cc(NCC)c1O. The summed E-state index contributed by atoms with van der Waals surface area (Å²) in [5.74, 6) is -0.0555. The fraction of sp³-hybridized carbons (Fsp3) is 0.400. The second-order valence-electron chi connectivity index (χ2n) is 6.36. The lowest BCUT2D eigenvalue weighted by Gasteiger charge is -2.17.